The molecule has 154 valence electrons. The molecule has 1 aromatic carbocycles. The predicted octanol–water partition coefficient (Wildman–Crippen LogP) is 2.69. The lowest BCUT2D eigenvalue weighted by Crippen LogP contribution is -2.42. The summed E-state index contributed by atoms with van der Waals surface area (Å²) in [5.41, 5.74) is 2.36. The molecule has 0 saturated carbocycles. The van der Waals surface area contributed by atoms with Gasteiger partial charge in [-0.25, -0.2) is 4.98 Å². The van der Waals surface area contributed by atoms with Gasteiger partial charge in [0.05, 0.1) is 24.0 Å². The van der Waals surface area contributed by atoms with Crippen LogP contribution in [0.15, 0.2) is 36.5 Å². The van der Waals surface area contributed by atoms with Gasteiger partial charge in [-0.1, -0.05) is 23.5 Å². The number of carbonyl (C=O) groups excluding carboxylic acids is 3. The second-order valence-corrected chi connectivity index (χ2v) is 7.91. The van der Waals surface area contributed by atoms with E-state index in [0.29, 0.717) is 22.1 Å². The Morgan fingerprint density at radius 2 is 1.97 bits per heavy atom. The standard InChI is InChI=1S/C21H20N4O4S/c1-13-6-7-15(29-2)19-20(13)30-21(23-19)25(11-14-5-3-4-10-22-14)18(28)12-24-16(26)8-9-17(24)27/h3-7,10H,8-9,11-12H2,1-2H3. The third-order valence-corrected chi connectivity index (χ3v) is 6.15. The molecule has 1 fully saturated rings. The monoisotopic (exact) mass is 424 g/mol. The number of carbonyl (C=O) groups is 3. The van der Waals surface area contributed by atoms with E-state index in [9.17, 15) is 14.4 Å². The lowest BCUT2D eigenvalue weighted by molar-refractivity contribution is -0.141. The summed E-state index contributed by atoms with van der Waals surface area (Å²) in [6.45, 7) is 1.84. The number of methoxy groups -OCH3 is 1. The van der Waals surface area contributed by atoms with E-state index in [-0.39, 0.29) is 43.7 Å². The van der Waals surface area contributed by atoms with Gasteiger partial charge in [0.2, 0.25) is 17.7 Å². The summed E-state index contributed by atoms with van der Waals surface area (Å²) in [6.07, 6.45) is 1.94. The fourth-order valence-electron chi connectivity index (χ4n) is 3.31. The van der Waals surface area contributed by atoms with Crippen molar-refractivity contribution in [1.82, 2.24) is 14.9 Å². The topological polar surface area (TPSA) is 92.7 Å². The second-order valence-electron chi connectivity index (χ2n) is 6.93. The largest absolute Gasteiger partial charge is 0.494 e. The van der Waals surface area contributed by atoms with Gasteiger partial charge in [-0.2, -0.15) is 0 Å². The molecule has 2 aromatic heterocycles. The van der Waals surface area contributed by atoms with Crippen LogP contribution in [0.4, 0.5) is 5.13 Å². The quantitative estimate of drug-likeness (QED) is 0.565. The van der Waals surface area contributed by atoms with E-state index in [2.05, 4.69) is 9.97 Å². The van der Waals surface area contributed by atoms with Gasteiger partial charge in [-0.05, 0) is 30.7 Å². The number of imide groups is 1. The van der Waals surface area contributed by atoms with Gasteiger partial charge in [0.25, 0.3) is 0 Å². The number of pyridine rings is 1. The number of thiazole rings is 1. The zero-order valence-corrected chi connectivity index (χ0v) is 17.4. The number of hydrogen-bond donors (Lipinski definition) is 0. The van der Waals surface area contributed by atoms with Crippen LogP contribution in [0, 0.1) is 6.92 Å². The zero-order chi connectivity index (χ0) is 21.3. The highest BCUT2D eigenvalue weighted by Gasteiger charge is 2.33. The molecule has 0 unspecified atom stereocenters. The number of nitrogens with zero attached hydrogens (tertiary/aromatic N) is 4. The minimum Gasteiger partial charge on any atom is -0.494 e. The smallest absolute Gasteiger partial charge is 0.249 e. The Bertz CT molecular complexity index is 1110. The maximum absolute atomic E-state index is 13.2. The van der Waals surface area contributed by atoms with Crippen molar-refractivity contribution in [1.29, 1.82) is 0 Å². The number of ether oxygens (including phenoxy) is 1. The summed E-state index contributed by atoms with van der Waals surface area (Å²) in [5.74, 6) is -0.422. The summed E-state index contributed by atoms with van der Waals surface area (Å²) in [6, 6.07) is 9.22. The first-order chi connectivity index (χ1) is 14.5. The number of fused-ring (bicyclic) bond motifs is 1. The average molecular weight is 424 g/mol. The number of benzene rings is 1. The van der Waals surface area contributed by atoms with E-state index in [1.54, 1.807) is 19.4 Å². The molecule has 0 radical (unpaired) electrons. The third kappa shape index (κ3) is 3.76. The first kappa shape index (κ1) is 20.0. The molecule has 1 saturated heterocycles. The molecule has 0 bridgehead atoms. The zero-order valence-electron chi connectivity index (χ0n) is 16.6. The van der Waals surface area contributed by atoms with Crippen molar-refractivity contribution in [2.45, 2.75) is 26.3 Å². The molecule has 0 atom stereocenters. The normalized spacial score (nSPS) is 13.9. The Balaban J connectivity index is 1.72. The molecule has 0 aliphatic carbocycles. The van der Waals surface area contributed by atoms with Crippen LogP contribution in [0.25, 0.3) is 10.2 Å². The molecule has 1 aliphatic rings. The Hall–Kier alpha value is -3.33. The molecule has 0 N–H and O–H groups in total. The van der Waals surface area contributed by atoms with Gasteiger partial charge in [-0.15, -0.1) is 0 Å². The Morgan fingerprint density at radius 1 is 1.20 bits per heavy atom. The fraction of sp³-hybridized carbons (Fsp3) is 0.286. The van der Waals surface area contributed by atoms with E-state index in [1.165, 1.54) is 16.2 Å². The van der Waals surface area contributed by atoms with Crippen molar-refractivity contribution in [3.63, 3.8) is 0 Å². The Kier molecular flexibility index (Phi) is 5.45. The number of anilines is 1. The van der Waals surface area contributed by atoms with E-state index < -0.39 is 0 Å². The van der Waals surface area contributed by atoms with E-state index in [0.717, 1.165) is 15.2 Å². The van der Waals surface area contributed by atoms with Gasteiger partial charge in [-0.3, -0.25) is 29.2 Å². The summed E-state index contributed by atoms with van der Waals surface area (Å²) in [7, 11) is 1.57. The fourth-order valence-corrected chi connectivity index (χ4v) is 4.38. The van der Waals surface area contributed by atoms with Crippen molar-refractivity contribution >= 4 is 44.4 Å². The molecule has 3 heterocycles. The minimum atomic E-state index is -0.389. The number of amides is 3. The van der Waals surface area contributed by atoms with Crippen LogP contribution < -0.4 is 9.64 Å². The van der Waals surface area contributed by atoms with Gasteiger partial charge >= 0.3 is 0 Å². The molecule has 9 heteroatoms. The van der Waals surface area contributed by atoms with Crippen LogP contribution >= 0.6 is 11.3 Å². The van der Waals surface area contributed by atoms with Gasteiger partial charge in [0.1, 0.15) is 17.8 Å². The molecular weight excluding hydrogens is 404 g/mol. The van der Waals surface area contributed by atoms with Crippen LogP contribution in [-0.2, 0) is 20.9 Å². The Morgan fingerprint density at radius 3 is 2.63 bits per heavy atom. The number of aromatic nitrogens is 2. The van der Waals surface area contributed by atoms with E-state index in [1.807, 2.05) is 31.2 Å². The number of likely N-dealkylation sites (tertiary alicyclic amines) is 1. The molecule has 30 heavy (non-hydrogen) atoms. The molecule has 4 rings (SSSR count). The second kappa shape index (κ2) is 8.19. The number of aryl methyl sites for hydroxylation is 1. The van der Waals surface area contributed by atoms with Crippen LogP contribution in [-0.4, -0.2) is 46.2 Å². The minimum absolute atomic E-state index is 0.143. The lowest BCUT2D eigenvalue weighted by Gasteiger charge is -2.22. The van der Waals surface area contributed by atoms with Crippen molar-refractivity contribution in [2.75, 3.05) is 18.6 Å². The van der Waals surface area contributed by atoms with Crippen molar-refractivity contribution in [3.8, 4) is 5.75 Å². The summed E-state index contributed by atoms with van der Waals surface area (Å²) >= 11 is 1.37. The van der Waals surface area contributed by atoms with Crippen molar-refractivity contribution in [3.05, 3.63) is 47.8 Å². The maximum atomic E-state index is 13.2. The van der Waals surface area contributed by atoms with Gasteiger partial charge in [0, 0.05) is 19.0 Å². The summed E-state index contributed by atoms with van der Waals surface area (Å²) in [4.78, 5) is 48.7. The van der Waals surface area contributed by atoms with Crippen LogP contribution in [0.2, 0.25) is 0 Å². The van der Waals surface area contributed by atoms with Crippen molar-refractivity contribution < 1.29 is 19.1 Å². The molecular formula is C21H20N4O4S. The van der Waals surface area contributed by atoms with Gasteiger partial charge < -0.3 is 4.74 Å². The SMILES string of the molecule is COc1ccc(C)c2sc(N(Cc3ccccn3)C(=O)CN3C(=O)CCC3=O)nc12. The average Bonchev–Trinajstić information content (AvgIpc) is 3.33. The van der Waals surface area contributed by atoms with Crippen LogP contribution in [0.1, 0.15) is 24.1 Å². The first-order valence-electron chi connectivity index (χ1n) is 9.45. The molecule has 1 aliphatic heterocycles. The predicted molar refractivity (Wildman–Crippen MR) is 112 cm³/mol. The molecule has 0 spiro atoms. The lowest BCUT2D eigenvalue weighted by atomic mass is 10.2. The summed E-state index contributed by atoms with van der Waals surface area (Å²) < 4.78 is 6.33. The number of hydrogen-bond acceptors (Lipinski definition) is 7. The first-order valence-corrected chi connectivity index (χ1v) is 10.3. The van der Waals surface area contributed by atoms with E-state index >= 15 is 0 Å². The molecule has 3 amide bonds. The molecule has 3 aromatic rings. The van der Waals surface area contributed by atoms with E-state index in [4.69, 9.17) is 4.74 Å². The number of rotatable bonds is 6. The summed E-state index contributed by atoms with van der Waals surface area (Å²) in [5, 5.41) is 0.465. The van der Waals surface area contributed by atoms with Crippen molar-refractivity contribution in [2.24, 2.45) is 0 Å². The van der Waals surface area contributed by atoms with Gasteiger partial charge in [0.15, 0.2) is 5.13 Å². The third-order valence-electron chi connectivity index (χ3n) is 4.94. The Labute approximate surface area is 177 Å². The molecule has 8 nitrogen and oxygen atoms in total. The van der Waals surface area contributed by atoms with Crippen LogP contribution in [0.3, 0.4) is 0 Å². The highest BCUT2D eigenvalue weighted by atomic mass is 32.1. The highest BCUT2D eigenvalue weighted by Crippen LogP contribution is 2.37. The highest BCUT2D eigenvalue weighted by molar-refractivity contribution is 7.22. The maximum Gasteiger partial charge on any atom is 0.249 e. The van der Waals surface area contributed by atoms with Crippen LogP contribution in [0.5, 0.6) is 5.75 Å².